The van der Waals surface area contributed by atoms with Crippen LogP contribution in [-0.4, -0.2) is 18.0 Å². The van der Waals surface area contributed by atoms with E-state index in [2.05, 4.69) is 29.4 Å². The minimum Gasteiger partial charge on any atom is -0.496 e. The van der Waals surface area contributed by atoms with Crippen molar-refractivity contribution in [2.45, 2.75) is 26.2 Å². The standard InChI is InChI=1S/C19H20N2O2S/c1-3-4-7-13-10-11-15-17(12-13)24-19(20-15)21-18(22)14-8-5-6-9-16(14)23-2/h5-6,8-12H,3-4,7H2,1-2H3,(H,20,21,22). The SMILES string of the molecule is CCCCc1ccc2nc(NC(=O)c3ccccc3OC)sc2c1. The third kappa shape index (κ3) is 3.57. The number of aromatic nitrogens is 1. The molecule has 1 heterocycles. The van der Waals surface area contributed by atoms with E-state index in [4.69, 9.17) is 4.74 Å². The number of nitrogens with zero attached hydrogens (tertiary/aromatic N) is 1. The zero-order chi connectivity index (χ0) is 16.9. The highest BCUT2D eigenvalue weighted by Gasteiger charge is 2.14. The van der Waals surface area contributed by atoms with Crippen LogP contribution in [0.4, 0.5) is 5.13 Å². The zero-order valence-corrected chi connectivity index (χ0v) is 14.7. The number of thiazole rings is 1. The van der Waals surface area contributed by atoms with Gasteiger partial charge in [0.15, 0.2) is 5.13 Å². The van der Waals surface area contributed by atoms with E-state index in [1.165, 1.54) is 29.7 Å². The first-order valence-electron chi connectivity index (χ1n) is 8.05. The molecule has 0 aliphatic rings. The molecule has 2 aromatic carbocycles. The van der Waals surface area contributed by atoms with Crippen molar-refractivity contribution < 1.29 is 9.53 Å². The van der Waals surface area contributed by atoms with Gasteiger partial charge in [0.2, 0.25) is 0 Å². The molecule has 0 spiro atoms. The van der Waals surface area contributed by atoms with Crippen molar-refractivity contribution in [2.75, 3.05) is 12.4 Å². The molecule has 1 aromatic heterocycles. The quantitative estimate of drug-likeness (QED) is 0.694. The summed E-state index contributed by atoms with van der Waals surface area (Å²) in [5.41, 5.74) is 2.73. The molecule has 0 unspecified atom stereocenters. The number of para-hydroxylation sites is 1. The van der Waals surface area contributed by atoms with E-state index in [9.17, 15) is 4.79 Å². The van der Waals surface area contributed by atoms with Crippen LogP contribution in [0, 0.1) is 0 Å². The molecule has 0 aliphatic heterocycles. The Hall–Kier alpha value is -2.40. The van der Waals surface area contributed by atoms with E-state index in [1.807, 2.05) is 18.2 Å². The predicted octanol–water partition coefficient (Wildman–Crippen LogP) is 4.90. The van der Waals surface area contributed by atoms with E-state index in [-0.39, 0.29) is 5.91 Å². The van der Waals surface area contributed by atoms with Gasteiger partial charge < -0.3 is 4.74 Å². The molecule has 0 atom stereocenters. The van der Waals surface area contributed by atoms with E-state index in [0.717, 1.165) is 16.6 Å². The van der Waals surface area contributed by atoms with Gasteiger partial charge in [0.05, 0.1) is 22.9 Å². The Morgan fingerprint density at radius 2 is 2.08 bits per heavy atom. The molecule has 24 heavy (non-hydrogen) atoms. The highest BCUT2D eigenvalue weighted by atomic mass is 32.1. The van der Waals surface area contributed by atoms with E-state index in [1.54, 1.807) is 19.2 Å². The Kier molecular flexibility index (Phi) is 5.11. The lowest BCUT2D eigenvalue weighted by molar-refractivity contribution is 0.102. The number of anilines is 1. The van der Waals surface area contributed by atoms with Crippen molar-refractivity contribution in [1.29, 1.82) is 0 Å². The number of ether oxygens (including phenoxy) is 1. The molecule has 124 valence electrons. The smallest absolute Gasteiger partial charge is 0.261 e. The molecule has 4 nitrogen and oxygen atoms in total. The van der Waals surface area contributed by atoms with E-state index in [0.29, 0.717) is 16.4 Å². The lowest BCUT2D eigenvalue weighted by atomic mass is 10.1. The largest absolute Gasteiger partial charge is 0.496 e. The number of amides is 1. The van der Waals surface area contributed by atoms with Crippen LogP contribution in [0.15, 0.2) is 42.5 Å². The first-order chi connectivity index (χ1) is 11.7. The maximum atomic E-state index is 12.5. The summed E-state index contributed by atoms with van der Waals surface area (Å²) in [5.74, 6) is 0.343. The molecular formula is C19H20N2O2S. The number of carbonyl (C=O) groups is 1. The van der Waals surface area contributed by atoms with Gasteiger partial charge in [0.25, 0.3) is 5.91 Å². The van der Waals surface area contributed by atoms with Gasteiger partial charge in [0.1, 0.15) is 5.75 Å². The number of rotatable bonds is 6. The predicted molar refractivity (Wildman–Crippen MR) is 99.2 cm³/mol. The number of benzene rings is 2. The van der Waals surface area contributed by atoms with Crippen LogP contribution in [0.25, 0.3) is 10.2 Å². The molecule has 3 rings (SSSR count). The number of fused-ring (bicyclic) bond motifs is 1. The summed E-state index contributed by atoms with van der Waals surface area (Å²) in [5, 5.41) is 3.48. The summed E-state index contributed by atoms with van der Waals surface area (Å²) >= 11 is 1.50. The van der Waals surface area contributed by atoms with Crippen molar-refractivity contribution in [3.05, 3.63) is 53.6 Å². The Balaban J connectivity index is 1.81. The fourth-order valence-electron chi connectivity index (χ4n) is 2.56. The van der Waals surface area contributed by atoms with Gasteiger partial charge in [-0.2, -0.15) is 0 Å². The third-order valence-electron chi connectivity index (χ3n) is 3.84. The van der Waals surface area contributed by atoms with Crippen LogP contribution in [0.2, 0.25) is 0 Å². The Morgan fingerprint density at radius 1 is 1.25 bits per heavy atom. The number of unbranched alkanes of at least 4 members (excludes halogenated alkanes) is 1. The van der Waals surface area contributed by atoms with Crippen LogP contribution in [-0.2, 0) is 6.42 Å². The normalized spacial score (nSPS) is 10.8. The van der Waals surface area contributed by atoms with Crippen LogP contribution >= 0.6 is 11.3 Å². The summed E-state index contributed by atoms with van der Waals surface area (Å²) < 4.78 is 6.33. The maximum Gasteiger partial charge on any atom is 0.261 e. The lowest BCUT2D eigenvalue weighted by Gasteiger charge is -2.06. The molecule has 5 heteroatoms. The second-order valence-electron chi connectivity index (χ2n) is 5.58. The van der Waals surface area contributed by atoms with Gasteiger partial charge in [-0.05, 0) is 42.7 Å². The summed E-state index contributed by atoms with van der Waals surface area (Å²) in [6, 6.07) is 13.5. The molecule has 1 N–H and O–H groups in total. The van der Waals surface area contributed by atoms with Crippen molar-refractivity contribution in [3.8, 4) is 5.75 Å². The van der Waals surface area contributed by atoms with Gasteiger partial charge in [-0.15, -0.1) is 0 Å². The van der Waals surface area contributed by atoms with Gasteiger partial charge >= 0.3 is 0 Å². The number of nitrogens with one attached hydrogen (secondary N) is 1. The molecule has 3 aromatic rings. The Morgan fingerprint density at radius 3 is 2.88 bits per heavy atom. The molecular weight excluding hydrogens is 320 g/mol. The second kappa shape index (κ2) is 7.45. The molecule has 0 bridgehead atoms. The summed E-state index contributed by atoms with van der Waals surface area (Å²) in [7, 11) is 1.56. The van der Waals surface area contributed by atoms with Crippen LogP contribution in [0.5, 0.6) is 5.75 Å². The molecule has 0 radical (unpaired) electrons. The maximum absolute atomic E-state index is 12.5. The minimum atomic E-state index is -0.210. The number of carbonyl (C=O) groups excluding carboxylic acids is 1. The van der Waals surface area contributed by atoms with E-state index >= 15 is 0 Å². The monoisotopic (exact) mass is 340 g/mol. The first-order valence-corrected chi connectivity index (χ1v) is 8.86. The second-order valence-corrected chi connectivity index (χ2v) is 6.61. The number of methoxy groups -OCH3 is 1. The van der Waals surface area contributed by atoms with Gasteiger partial charge in [-0.25, -0.2) is 4.98 Å². The minimum absolute atomic E-state index is 0.210. The van der Waals surface area contributed by atoms with Crippen LogP contribution < -0.4 is 10.1 Å². The average molecular weight is 340 g/mol. The molecule has 0 saturated heterocycles. The molecule has 0 fully saturated rings. The van der Waals surface area contributed by atoms with Gasteiger partial charge in [-0.3, -0.25) is 10.1 Å². The highest BCUT2D eigenvalue weighted by molar-refractivity contribution is 7.22. The fraction of sp³-hybridized carbons (Fsp3) is 0.263. The number of hydrogen-bond acceptors (Lipinski definition) is 4. The van der Waals surface area contributed by atoms with Crippen LogP contribution in [0.3, 0.4) is 0 Å². The Bertz CT molecular complexity index is 857. The summed E-state index contributed by atoms with van der Waals surface area (Å²) in [6.07, 6.45) is 3.44. The number of aryl methyl sites for hydroxylation is 1. The number of hydrogen-bond donors (Lipinski definition) is 1. The lowest BCUT2D eigenvalue weighted by Crippen LogP contribution is -2.12. The van der Waals surface area contributed by atoms with Crippen LogP contribution in [0.1, 0.15) is 35.7 Å². The van der Waals surface area contributed by atoms with Crippen molar-refractivity contribution in [3.63, 3.8) is 0 Å². The van der Waals surface area contributed by atoms with Crippen molar-refractivity contribution >= 4 is 32.6 Å². The van der Waals surface area contributed by atoms with Gasteiger partial charge in [-0.1, -0.05) is 42.9 Å². The molecule has 0 saturated carbocycles. The Labute approximate surface area is 145 Å². The topological polar surface area (TPSA) is 51.2 Å². The van der Waals surface area contributed by atoms with Crippen molar-refractivity contribution in [2.24, 2.45) is 0 Å². The summed E-state index contributed by atoms with van der Waals surface area (Å²) in [6.45, 7) is 2.19. The fourth-order valence-corrected chi connectivity index (χ4v) is 3.48. The summed E-state index contributed by atoms with van der Waals surface area (Å²) in [4.78, 5) is 17.0. The molecule has 1 amide bonds. The first kappa shape index (κ1) is 16.5. The van der Waals surface area contributed by atoms with E-state index < -0.39 is 0 Å². The van der Waals surface area contributed by atoms with Crippen molar-refractivity contribution in [1.82, 2.24) is 4.98 Å². The zero-order valence-electron chi connectivity index (χ0n) is 13.8. The van der Waals surface area contributed by atoms with Gasteiger partial charge in [0, 0.05) is 0 Å². The molecule has 0 aliphatic carbocycles. The third-order valence-corrected chi connectivity index (χ3v) is 4.78. The highest BCUT2D eigenvalue weighted by Crippen LogP contribution is 2.28. The average Bonchev–Trinajstić information content (AvgIpc) is 3.01.